The minimum Gasteiger partial charge on any atom is -0.399 e. The van der Waals surface area contributed by atoms with Crippen molar-refractivity contribution in [2.24, 2.45) is 4.99 Å². The third kappa shape index (κ3) is 2.10. The van der Waals surface area contributed by atoms with E-state index in [2.05, 4.69) is 62.8 Å². The van der Waals surface area contributed by atoms with Gasteiger partial charge in [-0.05, 0) is 39.2 Å². The first-order valence-electron chi connectivity index (χ1n) is 8.25. The maximum Gasteiger partial charge on any atom is 0.494 e. The molecule has 1 aromatic carbocycles. The molecule has 1 atom stereocenters. The molecule has 120 valence electrons. The summed E-state index contributed by atoms with van der Waals surface area (Å²) in [5.41, 5.74) is 4.27. The first kappa shape index (κ1) is 15.0. The summed E-state index contributed by atoms with van der Waals surface area (Å²) < 4.78 is 12.4. The number of likely N-dealkylation sites (N-methyl/N-ethyl adjacent to an activating group) is 1. The molecule has 0 spiro atoms. The highest BCUT2D eigenvalue weighted by atomic mass is 16.7. The van der Waals surface area contributed by atoms with Crippen molar-refractivity contribution in [2.75, 3.05) is 11.9 Å². The van der Waals surface area contributed by atoms with Crippen LogP contribution in [0.2, 0.25) is 0 Å². The molecule has 1 saturated heterocycles. The van der Waals surface area contributed by atoms with Gasteiger partial charge >= 0.3 is 7.12 Å². The Morgan fingerprint density at radius 1 is 1.17 bits per heavy atom. The molecule has 0 radical (unpaired) electrons. The molecule has 0 amide bonds. The van der Waals surface area contributed by atoms with Crippen LogP contribution in [0, 0.1) is 0 Å². The fourth-order valence-electron chi connectivity index (χ4n) is 3.50. The molecule has 1 unspecified atom stereocenters. The third-order valence-electron chi connectivity index (χ3n) is 5.71. The van der Waals surface area contributed by atoms with E-state index in [9.17, 15) is 0 Å². The average molecular weight is 310 g/mol. The normalized spacial score (nSPS) is 27.0. The van der Waals surface area contributed by atoms with E-state index < -0.39 is 0 Å². The van der Waals surface area contributed by atoms with Crippen LogP contribution in [-0.2, 0) is 9.31 Å². The number of anilines is 1. The Labute approximate surface area is 138 Å². The van der Waals surface area contributed by atoms with Crippen molar-refractivity contribution in [2.45, 2.75) is 51.4 Å². The number of nitrogens with zero attached hydrogens (tertiary/aromatic N) is 2. The molecule has 3 aliphatic heterocycles. The fourth-order valence-corrected chi connectivity index (χ4v) is 3.50. The summed E-state index contributed by atoms with van der Waals surface area (Å²) in [5, 5.41) is 0. The van der Waals surface area contributed by atoms with Gasteiger partial charge in [-0.2, -0.15) is 0 Å². The number of benzene rings is 1. The van der Waals surface area contributed by atoms with Gasteiger partial charge in [-0.3, -0.25) is 4.99 Å². The predicted octanol–water partition coefficient (Wildman–Crippen LogP) is 2.62. The molecule has 4 nitrogen and oxygen atoms in total. The van der Waals surface area contributed by atoms with Crippen LogP contribution in [0.15, 0.2) is 29.4 Å². The van der Waals surface area contributed by atoms with Crippen molar-refractivity contribution in [1.29, 1.82) is 0 Å². The zero-order valence-electron chi connectivity index (χ0n) is 14.5. The number of rotatable bonds is 1. The highest BCUT2D eigenvalue weighted by Gasteiger charge is 2.52. The van der Waals surface area contributed by atoms with Gasteiger partial charge in [0.2, 0.25) is 0 Å². The van der Waals surface area contributed by atoms with Crippen LogP contribution in [0.3, 0.4) is 0 Å². The molecule has 0 aliphatic carbocycles. The van der Waals surface area contributed by atoms with Gasteiger partial charge in [-0.1, -0.05) is 12.1 Å². The second-order valence-electron chi connectivity index (χ2n) is 7.64. The van der Waals surface area contributed by atoms with Gasteiger partial charge in [0.1, 0.15) is 0 Å². The summed E-state index contributed by atoms with van der Waals surface area (Å²) >= 11 is 0. The Morgan fingerprint density at radius 3 is 2.57 bits per heavy atom. The molecule has 0 aromatic heterocycles. The van der Waals surface area contributed by atoms with Crippen LogP contribution in [0.25, 0.3) is 5.57 Å². The van der Waals surface area contributed by atoms with E-state index in [1.807, 2.05) is 12.4 Å². The largest absolute Gasteiger partial charge is 0.494 e. The van der Waals surface area contributed by atoms with Gasteiger partial charge in [-0.25, -0.2) is 0 Å². The highest BCUT2D eigenvalue weighted by molar-refractivity contribution is 6.62. The molecule has 3 heterocycles. The maximum atomic E-state index is 6.18. The SMILES string of the molecule is CN1c2cc(B3OC(C)(C)C(C)(C)O3)ccc2C2=CN=CCC21. The van der Waals surface area contributed by atoms with E-state index in [4.69, 9.17) is 9.31 Å². The van der Waals surface area contributed by atoms with Crippen molar-refractivity contribution in [1.82, 2.24) is 0 Å². The van der Waals surface area contributed by atoms with Crippen molar-refractivity contribution in [3.05, 3.63) is 30.0 Å². The van der Waals surface area contributed by atoms with Crippen molar-refractivity contribution < 1.29 is 9.31 Å². The van der Waals surface area contributed by atoms with Crippen LogP contribution in [0.1, 0.15) is 39.7 Å². The van der Waals surface area contributed by atoms with Gasteiger partial charge in [0.25, 0.3) is 0 Å². The second-order valence-corrected chi connectivity index (χ2v) is 7.64. The van der Waals surface area contributed by atoms with Gasteiger partial charge in [0.15, 0.2) is 0 Å². The third-order valence-corrected chi connectivity index (χ3v) is 5.71. The Balaban J connectivity index is 1.70. The van der Waals surface area contributed by atoms with E-state index in [0.29, 0.717) is 6.04 Å². The molecule has 0 bridgehead atoms. The summed E-state index contributed by atoms with van der Waals surface area (Å²) in [6.45, 7) is 8.35. The topological polar surface area (TPSA) is 34.1 Å². The van der Waals surface area contributed by atoms with E-state index in [1.165, 1.54) is 16.8 Å². The molecule has 1 fully saturated rings. The number of hydrogen-bond acceptors (Lipinski definition) is 4. The van der Waals surface area contributed by atoms with Crippen molar-refractivity contribution >= 4 is 30.1 Å². The van der Waals surface area contributed by atoms with Crippen LogP contribution in [-0.4, -0.2) is 37.6 Å². The maximum absolute atomic E-state index is 6.18. The minimum absolute atomic E-state index is 0.313. The zero-order valence-corrected chi connectivity index (χ0v) is 14.5. The lowest BCUT2D eigenvalue weighted by molar-refractivity contribution is 0.00578. The predicted molar refractivity (Wildman–Crippen MR) is 95.4 cm³/mol. The Morgan fingerprint density at radius 2 is 1.87 bits per heavy atom. The van der Waals surface area contributed by atoms with Crippen LogP contribution in [0.4, 0.5) is 5.69 Å². The standard InChI is InChI=1S/C18H23BN2O2/c1-17(2)18(3,4)23-19(22-17)12-6-7-13-14-11-20-9-8-15(14)21(5)16(13)10-12/h6-7,9-11,15H,8H2,1-5H3. The van der Waals surface area contributed by atoms with Gasteiger partial charge in [0.05, 0.1) is 17.2 Å². The van der Waals surface area contributed by atoms with E-state index in [0.717, 1.165) is 11.9 Å². The number of hydrogen-bond donors (Lipinski definition) is 0. The average Bonchev–Trinajstić information content (AvgIpc) is 2.91. The molecular weight excluding hydrogens is 287 g/mol. The molecule has 5 heteroatoms. The first-order chi connectivity index (χ1) is 10.8. The summed E-state index contributed by atoms with van der Waals surface area (Å²) in [4.78, 5) is 6.66. The van der Waals surface area contributed by atoms with Crippen molar-refractivity contribution in [3.8, 4) is 0 Å². The van der Waals surface area contributed by atoms with Crippen LogP contribution in [0.5, 0.6) is 0 Å². The summed E-state index contributed by atoms with van der Waals surface area (Å²) in [7, 11) is 1.84. The smallest absolute Gasteiger partial charge is 0.399 e. The number of fused-ring (bicyclic) bond motifs is 3. The van der Waals surface area contributed by atoms with Gasteiger partial charge < -0.3 is 14.2 Å². The van der Waals surface area contributed by atoms with E-state index >= 15 is 0 Å². The quantitative estimate of drug-likeness (QED) is 0.748. The monoisotopic (exact) mass is 310 g/mol. The minimum atomic E-state index is -0.313. The molecule has 1 aromatic rings. The van der Waals surface area contributed by atoms with Gasteiger partial charge in [0, 0.05) is 42.7 Å². The molecular formula is C18H23BN2O2. The lowest BCUT2D eigenvalue weighted by Crippen LogP contribution is -2.41. The second kappa shape index (κ2) is 4.71. The molecule has 4 rings (SSSR count). The van der Waals surface area contributed by atoms with Crippen LogP contribution < -0.4 is 10.4 Å². The Bertz CT molecular complexity index is 708. The van der Waals surface area contributed by atoms with Crippen molar-refractivity contribution in [3.63, 3.8) is 0 Å². The van der Waals surface area contributed by atoms with E-state index in [1.54, 1.807) is 0 Å². The molecule has 0 N–H and O–H groups in total. The molecule has 0 saturated carbocycles. The zero-order chi connectivity index (χ0) is 16.4. The highest BCUT2D eigenvalue weighted by Crippen LogP contribution is 2.42. The van der Waals surface area contributed by atoms with E-state index in [-0.39, 0.29) is 18.3 Å². The summed E-state index contributed by atoms with van der Waals surface area (Å²) in [6, 6.07) is 6.90. The Kier molecular flexibility index (Phi) is 3.07. The summed E-state index contributed by atoms with van der Waals surface area (Å²) in [5.74, 6) is 0. The van der Waals surface area contributed by atoms with Crippen LogP contribution >= 0.6 is 0 Å². The lowest BCUT2D eigenvalue weighted by Gasteiger charge is -2.32. The molecule has 3 aliphatic rings. The van der Waals surface area contributed by atoms with Gasteiger partial charge in [-0.15, -0.1) is 0 Å². The number of aliphatic imine (C=N–C) groups is 1. The molecule has 23 heavy (non-hydrogen) atoms. The Hall–Kier alpha value is -1.59. The summed E-state index contributed by atoms with van der Waals surface area (Å²) in [6.07, 6.45) is 4.94. The first-order valence-corrected chi connectivity index (χ1v) is 8.25. The fraction of sp³-hybridized carbons (Fsp3) is 0.500. The lowest BCUT2D eigenvalue weighted by atomic mass is 9.78.